The summed E-state index contributed by atoms with van der Waals surface area (Å²) in [5.41, 5.74) is 8.24. The molecule has 0 heterocycles. The fourth-order valence-corrected chi connectivity index (χ4v) is 2.00. The minimum absolute atomic E-state index is 0.128. The maximum atomic E-state index is 10.9. The highest BCUT2D eigenvalue weighted by atomic mass is 16.4. The van der Waals surface area contributed by atoms with Crippen molar-refractivity contribution in [2.24, 2.45) is 11.0 Å². The summed E-state index contributed by atoms with van der Waals surface area (Å²) >= 11 is 0. The molecule has 106 valence electrons. The third-order valence-electron chi connectivity index (χ3n) is 3.06. The zero-order chi connectivity index (χ0) is 14.6. The van der Waals surface area contributed by atoms with Crippen LogP contribution in [0.3, 0.4) is 0 Å². The van der Waals surface area contributed by atoms with Crippen molar-refractivity contribution in [3.63, 3.8) is 0 Å². The lowest BCUT2D eigenvalue weighted by Crippen LogP contribution is -2.47. The maximum Gasteiger partial charge on any atom is 0.331 e. The molecule has 0 saturated heterocycles. The summed E-state index contributed by atoms with van der Waals surface area (Å²) in [5.74, 6) is -2.40. The molecule has 2 unspecified atom stereocenters. The minimum atomic E-state index is -1.56. The van der Waals surface area contributed by atoms with Crippen molar-refractivity contribution in [1.29, 1.82) is 0 Å². The van der Waals surface area contributed by atoms with Crippen LogP contribution in [0.2, 0.25) is 0 Å². The van der Waals surface area contributed by atoms with E-state index in [0.29, 0.717) is 0 Å². The second-order valence-corrected chi connectivity index (χ2v) is 4.28. The Balaban J connectivity index is 3.07. The first kappa shape index (κ1) is 15.4. The summed E-state index contributed by atoms with van der Waals surface area (Å²) in [4.78, 5) is 13.5. The van der Waals surface area contributed by atoms with Gasteiger partial charge in [-0.3, -0.25) is 0 Å². The molecule has 0 fully saturated rings. The van der Waals surface area contributed by atoms with Crippen molar-refractivity contribution < 1.29 is 30.3 Å². The zero-order valence-corrected chi connectivity index (χ0v) is 9.86. The molecule has 9 nitrogen and oxygen atoms in total. The molecule has 1 aliphatic carbocycles. The lowest BCUT2D eigenvalue weighted by atomic mass is 9.80. The topological polar surface area (TPSA) is 167 Å². The van der Waals surface area contributed by atoms with Crippen LogP contribution in [0.5, 0.6) is 0 Å². The number of carboxylic acids is 1. The number of aliphatic hydroxyl groups is 4. The molecule has 0 aromatic carbocycles. The van der Waals surface area contributed by atoms with E-state index in [4.69, 9.17) is 15.7 Å². The van der Waals surface area contributed by atoms with Crippen molar-refractivity contribution in [2.45, 2.75) is 30.8 Å². The molecule has 0 aromatic heterocycles. The highest BCUT2D eigenvalue weighted by Crippen LogP contribution is 2.29. The first-order chi connectivity index (χ1) is 8.92. The van der Waals surface area contributed by atoms with Gasteiger partial charge in [0.2, 0.25) is 0 Å². The highest BCUT2D eigenvalue weighted by Gasteiger charge is 2.39. The quantitative estimate of drug-likeness (QED) is 0.239. The van der Waals surface area contributed by atoms with Gasteiger partial charge in [0.05, 0.1) is 24.9 Å². The van der Waals surface area contributed by atoms with Gasteiger partial charge in [-0.15, -0.1) is 0 Å². The van der Waals surface area contributed by atoms with Gasteiger partial charge in [0.15, 0.2) is 0 Å². The lowest BCUT2D eigenvalue weighted by molar-refractivity contribution is -0.133. The summed E-state index contributed by atoms with van der Waals surface area (Å²) in [6, 6.07) is -1.05. The molecule has 0 bridgehead atoms. The van der Waals surface area contributed by atoms with E-state index < -0.39 is 42.8 Å². The number of carbonyl (C=O) groups is 1. The van der Waals surface area contributed by atoms with Gasteiger partial charge in [0.1, 0.15) is 6.10 Å². The fraction of sp³-hybridized carbons (Fsp3) is 0.700. The van der Waals surface area contributed by atoms with Gasteiger partial charge in [-0.2, -0.15) is 0 Å². The smallest absolute Gasteiger partial charge is 0.331 e. The summed E-state index contributed by atoms with van der Waals surface area (Å²) in [5, 5.41) is 50.0. The van der Waals surface area contributed by atoms with E-state index in [1.54, 1.807) is 0 Å². The van der Waals surface area contributed by atoms with Crippen LogP contribution < -0.4 is 0 Å². The predicted molar refractivity (Wildman–Crippen MR) is 61.9 cm³/mol. The van der Waals surface area contributed by atoms with Gasteiger partial charge in [-0.1, -0.05) is 11.2 Å². The number of hydrogen-bond acceptors (Lipinski definition) is 6. The number of carboxylic acid groups (broad SMARTS) is 1. The van der Waals surface area contributed by atoms with Crippen LogP contribution >= 0.6 is 0 Å². The number of hydrogen-bond donors (Lipinski definition) is 5. The average Bonchev–Trinajstić information content (AvgIpc) is 2.39. The maximum absolute atomic E-state index is 10.9. The van der Waals surface area contributed by atoms with E-state index >= 15 is 0 Å². The van der Waals surface area contributed by atoms with Crippen LogP contribution in [0.15, 0.2) is 16.8 Å². The van der Waals surface area contributed by atoms with Crippen molar-refractivity contribution in [3.05, 3.63) is 22.1 Å². The van der Waals surface area contributed by atoms with Crippen LogP contribution in [-0.4, -0.2) is 62.5 Å². The van der Waals surface area contributed by atoms with E-state index in [2.05, 4.69) is 10.0 Å². The van der Waals surface area contributed by atoms with Gasteiger partial charge >= 0.3 is 5.97 Å². The normalized spacial score (nSPS) is 29.9. The number of nitrogens with zero attached hydrogens (tertiary/aromatic N) is 3. The standard InChI is InChI=1S/C10H15N3O6/c11-13-12-6-2-4(10(18)19)1-5(8(6)16)9(17)7(15)3-14/h1,5-9,14-17H,2-3H2,(H,18,19)/t5-,6-,7?,8-,9?/m1/s1. The minimum Gasteiger partial charge on any atom is -0.478 e. The Hall–Kier alpha value is -1.64. The van der Waals surface area contributed by atoms with Gasteiger partial charge in [-0.25, -0.2) is 4.79 Å². The zero-order valence-electron chi connectivity index (χ0n) is 9.86. The molecular weight excluding hydrogens is 258 g/mol. The molecule has 1 aliphatic rings. The number of rotatable bonds is 5. The average molecular weight is 273 g/mol. The fourth-order valence-electron chi connectivity index (χ4n) is 2.00. The van der Waals surface area contributed by atoms with E-state index in [-0.39, 0.29) is 12.0 Å². The molecule has 5 atom stereocenters. The van der Waals surface area contributed by atoms with Crippen LogP contribution in [-0.2, 0) is 4.79 Å². The Morgan fingerprint density at radius 1 is 1.58 bits per heavy atom. The van der Waals surface area contributed by atoms with Crippen molar-refractivity contribution in [3.8, 4) is 0 Å². The molecule has 0 aromatic rings. The molecule has 0 saturated carbocycles. The molecule has 0 aliphatic heterocycles. The van der Waals surface area contributed by atoms with Gasteiger partial charge in [0, 0.05) is 16.4 Å². The molecule has 19 heavy (non-hydrogen) atoms. The molecule has 0 spiro atoms. The van der Waals surface area contributed by atoms with Crippen LogP contribution in [0.1, 0.15) is 6.42 Å². The predicted octanol–water partition coefficient (Wildman–Crippen LogP) is -1.23. The molecular formula is C10H15N3O6. The Morgan fingerprint density at radius 2 is 2.21 bits per heavy atom. The summed E-state index contributed by atoms with van der Waals surface area (Å²) < 4.78 is 0. The van der Waals surface area contributed by atoms with Gasteiger partial charge in [0.25, 0.3) is 0 Å². The van der Waals surface area contributed by atoms with Crippen LogP contribution in [0.25, 0.3) is 10.4 Å². The number of azide groups is 1. The second kappa shape index (κ2) is 6.50. The van der Waals surface area contributed by atoms with Crippen molar-refractivity contribution in [1.82, 2.24) is 0 Å². The first-order valence-electron chi connectivity index (χ1n) is 5.55. The SMILES string of the molecule is [N-]=[N+]=N[C@@H]1CC(C(=O)O)=C[C@@H](C(O)C(O)CO)[C@H]1O. The van der Waals surface area contributed by atoms with E-state index in [1.165, 1.54) is 0 Å². The van der Waals surface area contributed by atoms with Crippen molar-refractivity contribution >= 4 is 5.97 Å². The molecule has 0 radical (unpaired) electrons. The van der Waals surface area contributed by atoms with Crippen molar-refractivity contribution in [2.75, 3.05) is 6.61 Å². The summed E-state index contributed by atoms with van der Waals surface area (Å²) in [7, 11) is 0. The Labute approximate surface area is 108 Å². The third-order valence-corrected chi connectivity index (χ3v) is 3.06. The Kier molecular flexibility index (Phi) is 5.28. The van der Waals surface area contributed by atoms with E-state index in [9.17, 15) is 20.1 Å². The molecule has 0 amide bonds. The van der Waals surface area contributed by atoms with Gasteiger partial charge < -0.3 is 25.5 Å². The molecule has 5 N–H and O–H groups in total. The third kappa shape index (κ3) is 3.43. The van der Waals surface area contributed by atoms with E-state index in [0.717, 1.165) is 6.08 Å². The second-order valence-electron chi connectivity index (χ2n) is 4.28. The van der Waals surface area contributed by atoms with Crippen LogP contribution in [0, 0.1) is 5.92 Å². The summed E-state index contributed by atoms with van der Waals surface area (Å²) in [6.45, 7) is -0.743. The monoisotopic (exact) mass is 273 g/mol. The highest BCUT2D eigenvalue weighted by molar-refractivity contribution is 5.87. The number of aliphatic carboxylic acids is 1. The van der Waals surface area contributed by atoms with Gasteiger partial charge in [-0.05, 0) is 12.0 Å². The van der Waals surface area contributed by atoms with Crippen LogP contribution in [0.4, 0.5) is 0 Å². The Bertz CT molecular complexity index is 419. The van der Waals surface area contributed by atoms with E-state index in [1.807, 2.05) is 0 Å². The lowest BCUT2D eigenvalue weighted by Gasteiger charge is -2.34. The summed E-state index contributed by atoms with van der Waals surface area (Å²) in [6.07, 6.45) is -3.49. The first-order valence-corrected chi connectivity index (χ1v) is 5.55. The Morgan fingerprint density at radius 3 is 2.68 bits per heavy atom. The molecule has 9 heteroatoms. The molecule has 1 rings (SSSR count). The largest absolute Gasteiger partial charge is 0.478 e. The number of aliphatic hydroxyl groups excluding tert-OH is 4.